The lowest BCUT2D eigenvalue weighted by molar-refractivity contribution is 0.102. The van der Waals surface area contributed by atoms with Crippen molar-refractivity contribution >= 4 is 23.2 Å². The molecule has 0 spiro atoms. The summed E-state index contributed by atoms with van der Waals surface area (Å²) < 4.78 is 5.70. The summed E-state index contributed by atoms with van der Waals surface area (Å²) in [4.78, 5) is 12.4. The van der Waals surface area contributed by atoms with E-state index in [2.05, 4.69) is 19.2 Å². The monoisotopic (exact) mass is 331 g/mol. The maximum Gasteiger partial charge on any atom is 0.255 e. The molecule has 0 radical (unpaired) electrons. The van der Waals surface area contributed by atoms with Crippen LogP contribution >= 0.6 is 11.6 Å². The van der Waals surface area contributed by atoms with E-state index in [1.807, 2.05) is 25.1 Å². The summed E-state index contributed by atoms with van der Waals surface area (Å²) in [6.07, 6.45) is 0.984. The molecule has 0 unspecified atom stereocenters. The number of amides is 1. The molecule has 0 aliphatic rings. The lowest BCUT2D eigenvalue weighted by Crippen LogP contribution is -2.13. The summed E-state index contributed by atoms with van der Waals surface area (Å²) in [7, 11) is 0. The average Bonchev–Trinajstić information content (AvgIpc) is 2.51. The summed E-state index contributed by atoms with van der Waals surface area (Å²) >= 11 is 5.98. The van der Waals surface area contributed by atoms with Crippen molar-refractivity contribution in [3.8, 4) is 5.75 Å². The van der Waals surface area contributed by atoms with Gasteiger partial charge in [0.2, 0.25) is 0 Å². The second-order valence-electron chi connectivity index (χ2n) is 5.97. The van der Waals surface area contributed by atoms with Crippen LogP contribution in [0.2, 0.25) is 5.02 Å². The largest absolute Gasteiger partial charge is 0.494 e. The van der Waals surface area contributed by atoms with E-state index in [1.165, 1.54) is 0 Å². The van der Waals surface area contributed by atoms with Crippen LogP contribution in [0.1, 0.15) is 36.2 Å². The first-order chi connectivity index (χ1) is 11.0. The van der Waals surface area contributed by atoms with Crippen molar-refractivity contribution in [1.82, 2.24) is 0 Å². The molecule has 2 aromatic carbocycles. The maximum atomic E-state index is 12.4. The van der Waals surface area contributed by atoms with Gasteiger partial charge in [0, 0.05) is 16.3 Å². The van der Waals surface area contributed by atoms with E-state index >= 15 is 0 Å². The number of hydrogen-bond acceptors (Lipinski definition) is 2. The van der Waals surface area contributed by atoms with Crippen molar-refractivity contribution in [2.45, 2.75) is 27.2 Å². The van der Waals surface area contributed by atoms with E-state index in [-0.39, 0.29) is 5.91 Å². The van der Waals surface area contributed by atoms with E-state index in [1.54, 1.807) is 24.3 Å². The highest BCUT2D eigenvalue weighted by Crippen LogP contribution is 2.22. The van der Waals surface area contributed by atoms with Crippen LogP contribution in [-0.2, 0) is 0 Å². The van der Waals surface area contributed by atoms with Crippen LogP contribution in [0.25, 0.3) is 0 Å². The zero-order valence-electron chi connectivity index (χ0n) is 13.7. The van der Waals surface area contributed by atoms with Crippen LogP contribution in [0, 0.1) is 12.8 Å². The zero-order valence-corrected chi connectivity index (χ0v) is 14.5. The Balaban J connectivity index is 2.06. The van der Waals surface area contributed by atoms with E-state index in [0.717, 1.165) is 12.0 Å². The lowest BCUT2D eigenvalue weighted by Gasteiger charge is -2.11. The number of halogens is 1. The molecule has 0 heterocycles. The molecule has 0 saturated heterocycles. The van der Waals surface area contributed by atoms with Gasteiger partial charge < -0.3 is 10.1 Å². The van der Waals surface area contributed by atoms with Crippen molar-refractivity contribution in [3.63, 3.8) is 0 Å². The van der Waals surface area contributed by atoms with Gasteiger partial charge in [0.1, 0.15) is 5.75 Å². The summed E-state index contributed by atoms with van der Waals surface area (Å²) in [5.74, 6) is 1.12. The molecule has 2 aromatic rings. The van der Waals surface area contributed by atoms with Crippen LogP contribution in [-0.4, -0.2) is 12.5 Å². The van der Waals surface area contributed by atoms with E-state index in [4.69, 9.17) is 16.3 Å². The molecular formula is C19H22ClNO2. The Labute approximate surface area is 142 Å². The quantitative estimate of drug-likeness (QED) is 0.777. The van der Waals surface area contributed by atoms with Crippen molar-refractivity contribution < 1.29 is 9.53 Å². The molecule has 2 rings (SSSR count). The number of ether oxygens (including phenoxy) is 1. The number of carbonyl (C=O) groups is 1. The number of hydrogen-bond donors (Lipinski definition) is 1. The van der Waals surface area contributed by atoms with Gasteiger partial charge >= 0.3 is 0 Å². The number of benzene rings is 2. The summed E-state index contributed by atoms with van der Waals surface area (Å²) in [6, 6.07) is 12.6. The van der Waals surface area contributed by atoms with Crippen molar-refractivity contribution in [1.29, 1.82) is 0 Å². The van der Waals surface area contributed by atoms with Gasteiger partial charge in [-0.1, -0.05) is 37.6 Å². The first-order valence-corrected chi connectivity index (χ1v) is 8.14. The molecule has 122 valence electrons. The van der Waals surface area contributed by atoms with Crippen molar-refractivity contribution in [2.24, 2.45) is 5.92 Å². The second-order valence-corrected chi connectivity index (χ2v) is 6.41. The highest BCUT2D eigenvalue weighted by molar-refractivity contribution is 6.31. The number of anilines is 1. The smallest absolute Gasteiger partial charge is 0.255 e. The Hall–Kier alpha value is -2.00. The van der Waals surface area contributed by atoms with E-state index in [0.29, 0.717) is 34.5 Å². The molecule has 23 heavy (non-hydrogen) atoms. The number of nitrogens with one attached hydrogen (secondary N) is 1. The van der Waals surface area contributed by atoms with Crippen LogP contribution in [0.5, 0.6) is 5.75 Å². The minimum absolute atomic E-state index is 0.176. The molecular weight excluding hydrogens is 310 g/mol. The standard InChI is InChI=1S/C19H22ClNO2/c1-13(2)9-10-23-17-6-4-5-15(11-17)19(22)21-18-12-16(20)8-7-14(18)3/h4-8,11-13H,9-10H2,1-3H3,(H,21,22). The third kappa shape index (κ3) is 5.29. The highest BCUT2D eigenvalue weighted by atomic mass is 35.5. The average molecular weight is 332 g/mol. The topological polar surface area (TPSA) is 38.3 Å². The Morgan fingerprint density at radius 3 is 2.74 bits per heavy atom. The van der Waals surface area contributed by atoms with Gasteiger partial charge in [-0.05, 0) is 55.2 Å². The van der Waals surface area contributed by atoms with Crippen molar-refractivity contribution in [3.05, 3.63) is 58.6 Å². The van der Waals surface area contributed by atoms with Gasteiger partial charge in [0.15, 0.2) is 0 Å². The van der Waals surface area contributed by atoms with Gasteiger partial charge in [-0.15, -0.1) is 0 Å². The van der Waals surface area contributed by atoms with Crippen molar-refractivity contribution in [2.75, 3.05) is 11.9 Å². The Morgan fingerprint density at radius 1 is 1.22 bits per heavy atom. The first kappa shape index (κ1) is 17.4. The molecule has 1 N–H and O–H groups in total. The fraction of sp³-hybridized carbons (Fsp3) is 0.316. The highest BCUT2D eigenvalue weighted by Gasteiger charge is 2.09. The Kier molecular flexibility index (Phi) is 6.05. The molecule has 4 heteroatoms. The number of aryl methyl sites for hydroxylation is 1. The Morgan fingerprint density at radius 2 is 2.00 bits per heavy atom. The lowest BCUT2D eigenvalue weighted by atomic mass is 10.1. The molecule has 0 bridgehead atoms. The molecule has 0 fully saturated rings. The Bertz CT molecular complexity index is 683. The van der Waals surface area contributed by atoms with Crippen LogP contribution < -0.4 is 10.1 Å². The van der Waals surface area contributed by atoms with Gasteiger partial charge in [0.25, 0.3) is 5.91 Å². The molecule has 0 atom stereocenters. The number of rotatable bonds is 6. The fourth-order valence-corrected chi connectivity index (χ4v) is 2.24. The zero-order chi connectivity index (χ0) is 16.8. The molecule has 1 amide bonds. The maximum absolute atomic E-state index is 12.4. The summed E-state index contributed by atoms with van der Waals surface area (Å²) in [6.45, 7) is 6.88. The third-order valence-corrected chi connectivity index (χ3v) is 3.74. The summed E-state index contributed by atoms with van der Waals surface area (Å²) in [5, 5.41) is 3.48. The fourth-order valence-electron chi connectivity index (χ4n) is 2.06. The molecule has 3 nitrogen and oxygen atoms in total. The predicted molar refractivity (Wildman–Crippen MR) is 95.5 cm³/mol. The minimum Gasteiger partial charge on any atom is -0.494 e. The van der Waals surface area contributed by atoms with Crippen LogP contribution in [0.3, 0.4) is 0 Å². The molecule has 0 aliphatic heterocycles. The summed E-state index contributed by atoms with van der Waals surface area (Å²) in [5.41, 5.74) is 2.24. The number of carbonyl (C=O) groups excluding carboxylic acids is 1. The SMILES string of the molecule is Cc1ccc(Cl)cc1NC(=O)c1cccc(OCCC(C)C)c1. The predicted octanol–water partition coefficient (Wildman–Crippen LogP) is 5.33. The van der Waals surface area contributed by atoms with Gasteiger partial charge in [-0.2, -0.15) is 0 Å². The molecule has 0 saturated carbocycles. The van der Waals surface area contributed by atoms with E-state index < -0.39 is 0 Å². The minimum atomic E-state index is -0.176. The van der Waals surface area contributed by atoms with Gasteiger partial charge in [-0.3, -0.25) is 4.79 Å². The third-order valence-electron chi connectivity index (χ3n) is 3.51. The van der Waals surface area contributed by atoms with Gasteiger partial charge in [-0.25, -0.2) is 0 Å². The normalized spacial score (nSPS) is 10.7. The molecule has 0 aliphatic carbocycles. The second kappa shape index (κ2) is 8.02. The van der Waals surface area contributed by atoms with E-state index in [9.17, 15) is 4.79 Å². The molecule has 0 aromatic heterocycles. The van der Waals surface area contributed by atoms with Gasteiger partial charge in [0.05, 0.1) is 6.61 Å². The van der Waals surface area contributed by atoms with Crippen LogP contribution in [0.15, 0.2) is 42.5 Å². The van der Waals surface area contributed by atoms with Crippen LogP contribution in [0.4, 0.5) is 5.69 Å². The first-order valence-electron chi connectivity index (χ1n) is 7.76.